The summed E-state index contributed by atoms with van der Waals surface area (Å²) >= 11 is 0. The molecule has 0 heterocycles. The van der Waals surface area contributed by atoms with Gasteiger partial charge in [0.25, 0.3) is 0 Å². The highest BCUT2D eigenvalue weighted by Crippen LogP contribution is 2.02. The Morgan fingerprint density at radius 3 is 2.11 bits per heavy atom. The van der Waals surface area contributed by atoms with Gasteiger partial charge in [0.1, 0.15) is 0 Å². The average molecular weight is 512 g/mol. The molecule has 1 amide bonds. The van der Waals surface area contributed by atoms with Gasteiger partial charge >= 0.3 is 0 Å². The summed E-state index contributed by atoms with van der Waals surface area (Å²) in [5.41, 5.74) is 6.30. The summed E-state index contributed by atoms with van der Waals surface area (Å²) < 4.78 is 21.9. The maximum Gasteiger partial charge on any atom is 0.234 e. The zero-order valence-electron chi connectivity index (χ0n) is 23.1. The van der Waals surface area contributed by atoms with Crippen molar-refractivity contribution in [3.63, 3.8) is 0 Å². The molecule has 0 saturated heterocycles. The van der Waals surface area contributed by atoms with Crippen molar-refractivity contribution in [2.45, 2.75) is 70.9 Å². The van der Waals surface area contributed by atoms with Crippen LogP contribution < -0.4 is 16.4 Å². The standard InChI is InChI=1S/C24H42N2O5.C4H11N/c1-28-14-8-4-10-16-30-21-23(31-17-11-5-9-15-29-2)19-26-24(27)20-25-18-22-12-6-3-7-13-22;1-2-3-4-5/h3,6-7,12-13,23,25H,4-5,8-11,14-21H2,1-2H3,(H,26,27);2-5H2,1H3. The highest BCUT2D eigenvalue weighted by Gasteiger charge is 2.12. The quantitative estimate of drug-likeness (QED) is 0.193. The van der Waals surface area contributed by atoms with Crippen LogP contribution >= 0.6 is 0 Å². The molecule has 1 rings (SSSR count). The number of unbranched alkanes of at least 4 members (excludes halogenated alkanes) is 5. The van der Waals surface area contributed by atoms with E-state index in [9.17, 15) is 4.79 Å². The normalized spacial score (nSPS) is 11.6. The highest BCUT2D eigenvalue weighted by molar-refractivity contribution is 5.77. The second-order valence-electron chi connectivity index (χ2n) is 8.71. The van der Waals surface area contributed by atoms with E-state index in [1.54, 1.807) is 14.2 Å². The van der Waals surface area contributed by atoms with E-state index in [1.807, 2.05) is 30.3 Å². The maximum absolute atomic E-state index is 12.2. The van der Waals surface area contributed by atoms with Gasteiger partial charge in [-0.2, -0.15) is 0 Å². The van der Waals surface area contributed by atoms with E-state index >= 15 is 0 Å². The molecule has 0 aliphatic heterocycles. The Hall–Kier alpha value is -1.55. The number of hydrogen-bond acceptors (Lipinski definition) is 7. The first-order chi connectivity index (χ1) is 17.7. The predicted octanol–water partition coefficient (Wildman–Crippen LogP) is 3.67. The van der Waals surface area contributed by atoms with Gasteiger partial charge in [0, 0.05) is 53.7 Å². The van der Waals surface area contributed by atoms with E-state index in [0.29, 0.717) is 32.9 Å². The zero-order chi connectivity index (χ0) is 26.5. The van der Waals surface area contributed by atoms with Crippen molar-refractivity contribution in [3.8, 4) is 0 Å². The van der Waals surface area contributed by atoms with Crippen molar-refractivity contribution in [1.82, 2.24) is 10.6 Å². The highest BCUT2D eigenvalue weighted by atomic mass is 16.5. The summed E-state index contributed by atoms with van der Waals surface area (Å²) in [6.45, 7) is 7.79. The Bertz CT molecular complexity index is 576. The topological polar surface area (TPSA) is 104 Å². The van der Waals surface area contributed by atoms with Crippen LogP contribution in [-0.4, -0.2) is 78.9 Å². The molecule has 0 bridgehead atoms. The summed E-state index contributed by atoms with van der Waals surface area (Å²) in [6.07, 6.45) is 8.46. The number of rotatable bonds is 23. The summed E-state index contributed by atoms with van der Waals surface area (Å²) in [4.78, 5) is 12.2. The predicted molar refractivity (Wildman–Crippen MR) is 147 cm³/mol. The molecule has 210 valence electrons. The third-order valence-electron chi connectivity index (χ3n) is 5.33. The molecule has 1 atom stereocenters. The van der Waals surface area contributed by atoms with Crippen LogP contribution in [0.25, 0.3) is 0 Å². The minimum atomic E-state index is -0.139. The smallest absolute Gasteiger partial charge is 0.234 e. The average Bonchev–Trinajstić information content (AvgIpc) is 2.89. The van der Waals surface area contributed by atoms with Gasteiger partial charge in [-0.3, -0.25) is 4.79 Å². The van der Waals surface area contributed by atoms with Gasteiger partial charge in [0.2, 0.25) is 5.91 Å². The summed E-state index contributed by atoms with van der Waals surface area (Å²) in [5, 5.41) is 6.12. The zero-order valence-corrected chi connectivity index (χ0v) is 23.1. The summed E-state index contributed by atoms with van der Waals surface area (Å²) in [6, 6.07) is 10.0. The lowest BCUT2D eigenvalue weighted by Gasteiger charge is -2.19. The van der Waals surface area contributed by atoms with Crippen molar-refractivity contribution in [2.24, 2.45) is 5.73 Å². The summed E-state index contributed by atoms with van der Waals surface area (Å²) in [5.74, 6) is -0.0378. The van der Waals surface area contributed by atoms with Crippen molar-refractivity contribution in [1.29, 1.82) is 0 Å². The van der Waals surface area contributed by atoms with Crippen molar-refractivity contribution >= 4 is 5.91 Å². The van der Waals surface area contributed by atoms with Crippen LogP contribution in [0.2, 0.25) is 0 Å². The van der Waals surface area contributed by atoms with E-state index in [1.165, 1.54) is 12.8 Å². The molecule has 8 nitrogen and oxygen atoms in total. The molecule has 1 aromatic carbocycles. The largest absolute Gasteiger partial charge is 0.385 e. The van der Waals surface area contributed by atoms with Gasteiger partial charge in [0.05, 0.1) is 19.3 Å². The van der Waals surface area contributed by atoms with Crippen LogP contribution in [0.1, 0.15) is 63.9 Å². The van der Waals surface area contributed by atoms with Crippen LogP contribution in [-0.2, 0) is 30.3 Å². The van der Waals surface area contributed by atoms with Gasteiger partial charge in [0.15, 0.2) is 0 Å². The first-order valence-electron chi connectivity index (χ1n) is 13.6. The molecule has 8 heteroatoms. The Labute approximate surface area is 220 Å². The maximum atomic E-state index is 12.2. The Balaban J connectivity index is 0.00000222. The lowest BCUT2D eigenvalue weighted by atomic mass is 10.2. The number of hydrogen-bond donors (Lipinski definition) is 3. The van der Waals surface area contributed by atoms with E-state index < -0.39 is 0 Å². The monoisotopic (exact) mass is 511 g/mol. The molecule has 0 aliphatic carbocycles. The van der Waals surface area contributed by atoms with E-state index in [2.05, 4.69) is 17.6 Å². The molecular formula is C28H53N3O5. The third kappa shape index (κ3) is 24.2. The van der Waals surface area contributed by atoms with Crippen molar-refractivity contribution in [3.05, 3.63) is 35.9 Å². The Morgan fingerprint density at radius 2 is 1.53 bits per heavy atom. The summed E-state index contributed by atoms with van der Waals surface area (Å²) in [7, 11) is 3.44. The van der Waals surface area contributed by atoms with E-state index in [-0.39, 0.29) is 18.6 Å². The minimum absolute atomic E-state index is 0.0378. The van der Waals surface area contributed by atoms with E-state index in [4.69, 9.17) is 24.7 Å². The Morgan fingerprint density at radius 1 is 0.889 bits per heavy atom. The fourth-order valence-corrected chi connectivity index (χ4v) is 3.19. The van der Waals surface area contributed by atoms with Gasteiger partial charge in [-0.1, -0.05) is 43.7 Å². The van der Waals surface area contributed by atoms with Crippen LogP contribution in [0, 0.1) is 0 Å². The fraction of sp³-hybridized carbons (Fsp3) is 0.750. The number of carbonyl (C=O) groups is 1. The number of carbonyl (C=O) groups excluding carboxylic acids is 1. The number of nitrogens with one attached hydrogen (secondary N) is 2. The van der Waals surface area contributed by atoms with Crippen LogP contribution in [0.3, 0.4) is 0 Å². The van der Waals surface area contributed by atoms with Crippen molar-refractivity contribution < 1.29 is 23.7 Å². The SMILES string of the molecule is CCCCN.COCCCCCOCC(CNC(=O)CNCc1ccccc1)OCCCCCOC. The van der Waals surface area contributed by atoms with Gasteiger partial charge in [-0.25, -0.2) is 0 Å². The van der Waals surface area contributed by atoms with Crippen LogP contribution in [0.4, 0.5) is 0 Å². The lowest BCUT2D eigenvalue weighted by Crippen LogP contribution is -2.40. The molecule has 4 N–H and O–H groups in total. The molecule has 0 aliphatic rings. The molecule has 36 heavy (non-hydrogen) atoms. The molecule has 0 aromatic heterocycles. The molecular weight excluding hydrogens is 458 g/mol. The number of methoxy groups -OCH3 is 2. The second-order valence-corrected chi connectivity index (χ2v) is 8.71. The van der Waals surface area contributed by atoms with Crippen LogP contribution in [0.5, 0.6) is 0 Å². The molecule has 0 fully saturated rings. The van der Waals surface area contributed by atoms with Crippen LogP contribution in [0.15, 0.2) is 30.3 Å². The number of benzene rings is 1. The van der Waals surface area contributed by atoms with E-state index in [0.717, 1.165) is 63.8 Å². The first kappa shape index (κ1) is 34.5. The number of ether oxygens (including phenoxy) is 4. The third-order valence-corrected chi connectivity index (χ3v) is 5.33. The number of nitrogens with two attached hydrogens (primary N) is 1. The molecule has 1 unspecified atom stereocenters. The molecule has 0 spiro atoms. The fourth-order valence-electron chi connectivity index (χ4n) is 3.19. The van der Waals surface area contributed by atoms with Gasteiger partial charge in [-0.05, 0) is 57.1 Å². The minimum Gasteiger partial charge on any atom is -0.385 e. The van der Waals surface area contributed by atoms with Crippen molar-refractivity contribution in [2.75, 3.05) is 66.9 Å². The van der Waals surface area contributed by atoms with Gasteiger partial charge < -0.3 is 35.3 Å². The molecule has 0 radical (unpaired) electrons. The number of amides is 1. The molecule has 0 saturated carbocycles. The second kappa shape index (κ2) is 28.0. The van der Waals surface area contributed by atoms with Gasteiger partial charge in [-0.15, -0.1) is 0 Å². The lowest BCUT2D eigenvalue weighted by molar-refractivity contribution is -0.121. The first-order valence-corrected chi connectivity index (χ1v) is 13.6. The Kier molecular flexibility index (Phi) is 26.8. The molecule has 1 aromatic rings.